The molecule has 0 saturated carbocycles. The Morgan fingerprint density at radius 2 is 1.66 bits per heavy atom. The van der Waals surface area contributed by atoms with Crippen LogP contribution in [0.4, 0.5) is 17.6 Å². The van der Waals surface area contributed by atoms with Crippen molar-refractivity contribution in [2.75, 3.05) is 27.4 Å². The van der Waals surface area contributed by atoms with Crippen LogP contribution in [0.25, 0.3) is 22.0 Å². The molecule has 4 aromatic rings. The molecule has 1 unspecified atom stereocenters. The van der Waals surface area contributed by atoms with Crippen LogP contribution < -0.4 is 25.3 Å². The summed E-state index contributed by atoms with van der Waals surface area (Å²) in [4.78, 5) is 29.6. The zero-order valence-corrected chi connectivity index (χ0v) is 23.7. The normalized spacial score (nSPS) is 17.4. The summed E-state index contributed by atoms with van der Waals surface area (Å²) in [5.74, 6) is -1.59. The van der Waals surface area contributed by atoms with Crippen LogP contribution in [0.3, 0.4) is 0 Å². The molecule has 0 fully saturated rings. The first kappa shape index (κ1) is 30.5. The molecular weight excluding hydrogens is 586 g/mol. The molecule has 1 aliphatic heterocycles. The number of rotatable bonds is 8. The molecule has 2 heterocycles. The van der Waals surface area contributed by atoms with Gasteiger partial charge >= 0.3 is 6.18 Å². The largest absolute Gasteiger partial charge is 0.493 e. The van der Waals surface area contributed by atoms with Gasteiger partial charge in [0.05, 0.1) is 26.5 Å². The molecule has 0 bridgehead atoms. The Morgan fingerprint density at radius 1 is 1.02 bits per heavy atom. The summed E-state index contributed by atoms with van der Waals surface area (Å²) in [6.45, 7) is -0.239. The Bertz CT molecular complexity index is 1780. The number of primary amides is 1. The molecule has 4 N–H and O–H groups in total. The van der Waals surface area contributed by atoms with Crippen molar-refractivity contribution in [1.82, 2.24) is 10.3 Å². The Labute approximate surface area is 248 Å². The van der Waals surface area contributed by atoms with E-state index in [0.717, 1.165) is 18.2 Å². The van der Waals surface area contributed by atoms with Gasteiger partial charge in [0.2, 0.25) is 11.5 Å². The number of nitrogens with one attached hydrogen (secondary N) is 1. The van der Waals surface area contributed by atoms with E-state index in [9.17, 15) is 32.3 Å². The highest BCUT2D eigenvalue weighted by Gasteiger charge is 2.57. The van der Waals surface area contributed by atoms with Gasteiger partial charge in [-0.05, 0) is 72.3 Å². The number of amides is 2. The first-order chi connectivity index (χ1) is 20.7. The summed E-state index contributed by atoms with van der Waals surface area (Å²) >= 11 is 0. The Balaban J connectivity index is 1.55. The summed E-state index contributed by atoms with van der Waals surface area (Å²) in [7, 11) is 2.90. The van der Waals surface area contributed by atoms with Crippen LogP contribution in [0, 0.1) is 5.82 Å². The zero-order chi connectivity index (χ0) is 32.0. The summed E-state index contributed by atoms with van der Waals surface area (Å²) < 4.78 is 73.8. The smallest absolute Gasteiger partial charge is 0.424 e. The zero-order valence-electron chi connectivity index (χ0n) is 23.7. The van der Waals surface area contributed by atoms with E-state index in [1.807, 2.05) is 0 Å². The lowest BCUT2D eigenvalue weighted by Crippen LogP contribution is -2.51. The Kier molecular flexibility index (Phi) is 7.62. The average molecular weight is 614 g/mol. The number of fused-ring (bicyclic) bond motifs is 2. The number of pyridine rings is 1. The molecule has 0 spiro atoms. The minimum Gasteiger partial charge on any atom is -0.493 e. The van der Waals surface area contributed by atoms with Gasteiger partial charge in [-0.3, -0.25) is 9.59 Å². The van der Waals surface area contributed by atoms with Crippen molar-refractivity contribution in [3.8, 4) is 28.5 Å². The number of nitrogens with two attached hydrogens (primary N) is 1. The third-order valence-electron chi connectivity index (χ3n) is 7.74. The van der Waals surface area contributed by atoms with Gasteiger partial charge in [0.25, 0.3) is 5.91 Å². The Morgan fingerprint density at radius 3 is 2.25 bits per heavy atom. The number of benzene rings is 3. The van der Waals surface area contributed by atoms with E-state index in [4.69, 9.17) is 19.9 Å². The second-order valence-electron chi connectivity index (χ2n) is 10.5. The number of hydrogen-bond acceptors (Lipinski definition) is 7. The van der Waals surface area contributed by atoms with Gasteiger partial charge in [-0.15, -0.1) is 0 Å². The third kappa shape index (κ3) is 5.12. The number of hydrogen-bond donors (Lipinski definition) is 3. The van der Waals surface area contributed by atoms with Crippen molar-refractivity contribution in [1.29, 1.82) is 0 Å². The van der Waals surface area contributed by atoms with Gasteiger partial charge in [-0.25, -0.2) is 9.37 Å². The first-order valence-corrected chi connectivity index (χ1v) is 13.2. The van der Waals surface area contributed by atoms with Crippen molar-refractivity contribution < 1.29 is 46.5 Å². The average Bonchev–Trinajstić information content (AvgIpc) is 3.35. The molecule has 230 valence electrons. The van der Waals surface area contributed by atoms with Gasteiger partial charge in [-0.1, -0.05) is 6.07 Å². The quantitative estimate of drug-likeness (QED) is 0.252. The molecule has 1 aliphatic rings. The lowest BCUT2D eigenvalue weighted by Gasteiger charge is -2.31. The Hall–Kier alpha value is -4.91. The molecule has 2 atom stereocenters. The van der Waals surface area contributed by atoms with E-state index >= 15 is 0 Å². The molecule has 3 aromatic carbocycles. The number of alkyl halides is 3. The highest BCUT2D eigenvalue weighted by molar-refractivity contribution is 5.99. The second-order valence-corrected chi connectivity index (χ2v) is 10.5. The molecule has 1 aromatic heterocycles. The second kappa shape index (κ2) is 11.0. The number of aliphatic hydroxyl groups is 1. The highest BCUT2D eigenvalue weighted by atomic mass is 19.4. The van der Waals surface area contributed by atoms with Crippen LogP contribution in [0.1, 0.15) is 28.5 Å². The van der Waals surface area contributed by atoms with E-state index in [2.05, 4.69) is 10.3 Å². The topological polar surface area (TPSA) is 133 Å². The lowest BCUT2D eigenvalue weighted by molar-refractivity contribution is -0.265. The van der Waals surface area contributed by atoms with Crippen LogP contribution in [0.5, 0.6) is 17.2 Å². The van der Waals surface area contributed by atoms with Crippen molar-refractivity contribution in [3.63, 3.8) is 0 Å². The van der Waals surface area contributed by atoms with E-state index in [1.165, 1.54) is 45.4 Å². The SMILES string of the molecule is COc1cc2ccc(C(=O)NCC(O)(c3cc4c(c(-c5ccc(F)cc5)n3)OC[C@]4(C)C(N)=O)C(F)(F)F)cc2cc1OC. The fourth-order valence-corrected chi connectivity index (χ4v) is 4.97. The minimum absolute atomic E-state index is 0.0119. The number of carbonyl (C=O) groups is 2. The molecule has 44 heavy (non-hydrogen) atoms. The number of ether oxygens (including phenoxy) is 3. The number of carbonyl (C=O) groups excluding carboxylic acids is 2. The van der Waals surface area contributed by atoms with Crippen LogP contribution in [-0.2, 0) is 15.8 Å². The third-order valence-corrected chi connectivity index (χ3v) is 7.74. The van der Waals surface area contributed by atoms with Crippen molar-refractivity contribution >= 4 is 22.6 Å². The molecule has 13 heteroatoms. The fraction of sp³-hybridized carbons (Fsp3) is 0.258. The lowest BCUT2D eigenvalue weighted by atomic mass is 9.81. The van der Waals surface area contributed by atoms with Crippen molar-refractivity contribution in [2.45, 2.75) is 24.1 Å². The number of halogens is 4. The van der Waals surface area contributed by atoms with Gasteiger partial charge in [0.1, 0.15) is 29.3 Å². The number of aromatic nitrogens is 1. The summed E-state index contributed by atoms with van der Waals surface area (Å²) in [5, 5.41) is 14.6. The summed E-state index contributed by atoms with van der Waals surface area (Å²) in [6.07, 6.45) is -5.35. The monoisotopic (exact) mass is 613 g/mol. The molecule has 0 radical (unpaired) electrons. The predicted octanol–water partition coefficient (Wildman–Crippen LogP) is 4.37. The molecule has 9 nitrogen and oxygen atoms in total. The first-order valence-electron chi connectivity index (χ1n) is 13.2. The molecule has 2 amide bonds. The van der Waals surface area contributed by atoms with Crippen molar-refractivity contribution in [3.05, 3.63) is 83.3 Å². The fourth-order valence-electron chi connectivity index (χ4n) is 4.97. The van der Waals surface area contributed by atoms with Gasteiger partial charge in [0, 0.05) is 16.7 Å². The van der Waals surface area contributed by atoms with E-state index in [1.54, 1.807) is 18.2 Å². The summed E-state index contributed by atoms with van der Waals surface area (Å²) in [6, 6.07) is 13.3. The molecular formula is C31H27F4N3O6. The maximum absolute atomic E-state index is 14.7. The van der Waals surface area contributed by atoms with Crippen molar-refractivity contribution in [2.24, 2.45) is 5.73 Å². The van der Waals surface area contributed by atoms with Gasteiger partial charge < -0.3 is 30.4 Å². The molecule has 0 aliphatic carbocycles. The maximum atomic E-state index is 14.7. The standard InChI is InChI=1S/C31H27F4N3O6/c1-29(28(36)40)15-44-26-21(29)13-24(38-25(26)16-6-8-20(32)9-7-16)30(41,31(33,34)35)14-37-27(39)18-5-4-17-11-22(42-2)23(43-3)12-19(17)10-18/h4-13,41H,14-15H2,1-3H3,(H2,36,40)(H,37,39)/t29-,30?/m0/s1. The van der Waals surface area contributed by atoms with Crippen LogP contribution in [-0.4, -0.2) is 55.5 Å². The highest BCUT2D eigenvalue weighted by Crippen LogP contribution is 2.47. The maximum Gasteiger partial charge on any atom is 0.424 e. The molecule has 5 rings (SSSR count). The number of nitrogens with zero attached hydrogens (tertiary/aromatic N) is 1. The van der Waals surface area contributed by atoms with E-state index in [0.29, 0.717) is 22.3 Å². The number of methoxy groups -OCH3 is 2. The predicted molar refractivity (Wildman–Crippen MR) is 151 cm³/mol. The van der Waals surface area contributed by atoms with Gasteiger partial charge in [-0.2, -0.15) is 13.2 Å². The van der Waals surface area contributed by atoms with Crippen LogP contribution in [0.15, 0.2) is 60.7 Å². The van der Waals surface area contributed by atoms with E-state index < -0.39 is 47.1 Å². The van der Waals surface area contributed by atoms with Crippen LogP contribution >= 0.6 is 0 Å². The minimum atomic E-state index is -5.35. The van der Waals surface area contributed by atoms with E-state index in [-0.39, 0.29) is 34.7 Å². The molecule has 0 saturated heterocycles. The summed E-state index contributed by atoms with van der Waals surface area (Å²) in [5.41, 5.74) is -0.649. The van der Waals surface area contributed by atoms with Gasteiger partial charge in [0.15, 0.2) is 11.5 Å². The van der Waals surface area contributed by atoms with Crippen LogP contribution in [0.2, 0.25) is 0 Å².